The molecule has 0 aromatic heterocycles. The molecule has 2 rings (SSSR count). The average Bonchev–Trinajstić information content (AvgIpc) is 3.13. The van der Waals surface area contributed by atoms with E-state index in [-0.39, 0.29) is 25.0 Å². The first kappa shape index (κ1) is 42.9. The summed E-state index contributed by atoms with van der Waals surface area (Å²) in [5, 5.41) is 5.66. The molecule has 280 valence electrons. The third-order valence-electron chi connectivity index (χ3n) is 8.79. The first-order valence-corrected chi connectivity index (χ1v) is 19.5. The van der Waals surface area contributed by atoms with Crippen LogP contribution in [0.4, 0.5) is 0 Å². The first-order valence-electron chi connectivity index (χ1n) is 19.5. The Morgan fingerprint density at radius 3 is 1.52 bits per heavy atom. The largest absolute Gasteiger partial charge is 0.464 e. The van der Waals surface area contributed by atoms with E-state index in [4.69, 9.17) is 14.2 Å². The molecule has 0 radical (unpaired) electrons. The number of ether oxygens (including phenoxy) is 3. The Kier molecular flexibility index (Phi) is 26.3. The number of hydrogen-bond donors (Lipinski definition) is 2. The van der Waals surface area contributed by atoms with Gasteiger partial charge in [-0.05, 0) is 36.8 Å². The van der Waals surface area contributed by atoms with Crippen LogP contribution in [-0.2, 0) is 41.8 Å². The van der Waals surface area contributed by atoms with Crippen LogP contribution < -0.4 is 10.6 Å². The van der Waals surface area contributed by atoms with Crippen LogP contribution in [0.2, 0.25) is 0 Å². The van der Waals surface area contributed by atoms with Crippen molar-refractivity contribution in [2.75, 3.05) is 26.4 Å². The van der Waals surface area contributed by atoms with E-state index in [0.29, 0.717) is 45.6 Å². The number of amides is 2. The van der Waals surface area contributed by atoms with Gasteiger partial charge in [-0.15, -0.1) is 0 Å². The molecular weight excluding hydrogens is 628 g/mol. The van der Waals surface area contributed by atoms with Gasteiger partial charge < -0.3 is 24.8 Å². The zero-order valence-corrected chi connectivity index (χ0v) is 31.0. The Morgan fingerprint density at radius 1 is 0.560 bits per heavy atom. The van der Waals surface area contributed by atoms with Gasteiger partial charge in [-0.3, -0.25) is 9.59 Å². The maximum Gasteiger partial charge on any atom is 0.328 e. The minimum absolute atomic E-state index is 0.0117. The predicted octanol–water partition coefficient (Wildman–Crippen LogP) is 9.00. The molecule has 0 fully saturated rings. The summed E-state index contributed by atoms with van der Waals surface area (Å²) in [7, 11) is 0. The summed E-state index contributed by atoms with van der Waals surface area (Å²) < 4.78 is 16.6. The second kappa shape index (κ2) is 30.6. The molecule has 0 spiro atoms. The highest BCUT2D eigenvalue weighted by Crippen LogP contribution is 2.14. The van der Waals surface area contributed by atoms with Gasteiger partial charge in [0.05, 0.1) is 19.8 Å². The Morgan fingerprint density at radius 2 is 1.02 bits per heavy atom. The van der Waals surface area contributed by atoms with E-state index in [1.54, 1.807) is 0 Å². The number of unbranched alkanes of at least 4 members (excludes halogenated alkanes) is 16. The van der Waals surface area contributed by atoms with Crippen molar-refractivity contribution in [3.8, 4) is 0 Å². The maximum atomic E-state index is 13.0. The molecule has 0 bridgehead atoms. The van der Waals surface area contributed by atoms with Crippen LogP contribution in [0, 0.1) is 0 Å². The molecule has 0 saturated carbocycles. The number of nitrogens with one attached hydrogen (secondary N) is 2. The summed E-state index contributed by atoms with van der Waals surface area (Å²) in [4.78, 5) is 37.8. The van der Waals surface area contributed by atoms with E-state index < -0.39 is 12.0 Å². The van der Waals surface area contributed by atoms with Crippen molar-refractivity contribution >= 4 is 17.8 Å². The third kappa shape index (κ3) is 24.0. The van der Waals surface area contributed by atoms with Gasteiger partial charge in [0.2, 0.25) is 11.8 Å². The fourth-order valence-corrected chi connectivity index (χ4v) is 5.83. The molecule has 0 saturated heterocycles. The van der Waals surface area contributed by atoms with E-state index in [2.05, 4.69) is 17.6 Å². The SMILES string of the molecule is CCCCCCCCCCCCCCCCCCOC(=O)[C@H](CCCCNC(=O)COCc1ccccc1)NC(=O)COCc1ccccc1. The maximum absolute atomic E-state index is 13.0. The normalized spacial score (nSPS) is 11.6. The lowest BCUT2D eigenvalue weighted by atomic mass is 10.0. The van der Waals surface area contributed by atoms with E-state index in [9.17, 15) is 14.4 Å². The van der Waals surface area contributed by atoms with Gasteiger partial charge >= 0.3 is 5.97 Å². The van der Waals surface area contributed by atoms with Crippen molar-refractivity contribution in [3.63, 3.8) is 0 Å². The number of rotatable bonds is 32. The molecule has 1 atom stereocenters. The van der Waals surface area contributed by atoms with Crippen molar-refractivity contribution in [1.29, 1.82) is 0 Å². The van der Waals surface area contributed by atoms with Gasteiger partial charge in [0.1, 0.15) is 19.3 Å². The van der Waals surface area contributed by atoms with Gasteiger partial charge in [0, 0.05) is 6.54 Å². The fourth-order valence-electron chi connectivity index (χ4n) is 5.83. The molecule has 2 aromatic rings. The molecule has 50 heavy (non-hydrogen) atoms. The van der Waals surface area contributed by atoms with E-state index >= 15 is 0 Å². The van der Waals surface area contributed by atoms with E-state index in [0.717, 1.165) is 30.4 Å². The summed E-state index contributed by atoms with van der Waals surface area (Å²) in [6.07, 6.45) is 22.3. The minimum atomic E-state index is -0.756. The second-order valence-corrected chi connectivity index (χ2v) is 13.4. The lowest BCUT2D eigenvalue weighted by Crippen LogP contribution is -2.43. The predicted molar refractivity (Wildman–Crippen MR) is 201 cm³/mol. The van der Waals surface area contributed by atoms with Gasteiger partial charge in [-0.25, -0.2) is 4.79 Å². The smallest absolute Gasteiger partial charge is 0.328 e. The summed E-state index contributed by atoms with van der Waals surface area (Å²) >= 11 is 0. The van der Waals surface area contributed by atoms with Gasteiger partial charge in [-0.2, -0.15) is 0 Å². The molecule has 2 amide bonds. The van der Waals surface area contributed by atoms with Gasteiger partial charge in [0.25, 0.3) is 0 Å². The highest BCUT2D eigenvalue weighted by Gasteiger charge is 2.22. The lowest BCUT2D eigenvalue weighted by molar-refractivity contribution is -0.148. The molecule has 0 heterocycles. The molecule has 0 aliphatic carbocycles. The zero-order valence-electron chi connectivity index (χ0n) is 31.0. The minimum Gasteiger partial charge on any atom is -0.464 e. The van der Waals surface area contributed by atoms with E-state index in [1.165, 1.54) is 83.5 Å². The second-order valence-electron chi connectivity index (χ2n) is 13.4. The quantitative estimate of drug-likeness (QED) is 0.0586. The van der Waals surface area contributed by atoms with Crippen LogP contribution in [0.5, 0.6) is 0 Å². The molecule has 2 N–H and O–H groups in total. The van der Waals surface area contributed by atoms with Crippen LogP contribution in [0.25, 0.3) is 0 Å². The van der Waals surface area contributed by atoms with Crippen LogP contribution >= 0.6 is 0 Å². The van der Waals surface area contributed by atoms with E-state index in [1.807, 2.05) is 60.7 Å². The van der Waals surface area contributed by atoms with Crippen molar-refractivity contribution in [2.24, 2.45) is 0 Å². The summed E-state index contributed by atoms with van der Waals surface area (Å²) in [5.41, 5.74) is 1.99. The highest BCUT2D eigenvalue weighted by molar-refractivity contribution is 5.85. The molecule has 0 aliphatic heterocycles. The molecule has 8 heteroatoms. The number of carbonyl (C=O) groups is 3. The average molecular weight is 695 g/mol. The van der Waals surface area contributed by atoms with Crippen LogP contribution in [0.15, 0.2) is 60.7 Å². The van der Waals surface area contributed by atoms with Crippen molar-refractivity contribution in [3.05, 3.63) is 71.8 Å². The summed E-state index contributed by atoms with van der Waals surface area (Å²) in [6, 6.07) is 18.6. The number of hydrogen-bond acceptors (Lipinski definition) is 6. The van der Waals surface area contributed by atoms with Crippen LogP contribution in [0.3, 0.4) is 0 Å². The Hall–Kier alpha value is -3.23. The summed E-state index contributed by atoms with van der Waals surface area (Å²) in [5.74, 6) is -0.950. The molecule has 0 unspecified atom stereocenters. The van der Waals surface area contributed by atoms with Crippen molar-refractivity contribution in [2.45, 2.75) is 148 Å². The topological polar surface area (TPSA) is 103 Å². The molecule has 8 nitrogen and oxygen atoms in total. The van der Waals surface area contributed by atoms with Gasteiger partial charge in [-0.1, -0.05) is 164 Å². The zero-order chi connectivity index (χ0) is 35.7. The monoisotopic (exact) mass is 694 g/mol. The molecular formula is C42H66N2O6. The Balaban J connectivity index is 1.58. The standard InChI is InChI=1S/C42H66N2O6/c1-2-3-4-5-6-7-8-9-10-11-12-13-14-15-16-25-32-50-42(47)39(44-41(46)36-49-34-38-28-21-18-22-29-38)30-23-24-31-43-40(45)35-48-33-37-26-19-17-20-27-37/h17-22,26-29,39H,2-16,23-25,30-36H2,1H3,(H,43,45)(H,44,46)/t39-/m0/s1. The van der Waals surface area contributed by atoms with Crippen molar-refractivity contribution in [1.82, 2.24) is 10.6 Å². The fraction of sp³-hybridized carbons (Fsp3) is 0.643. The third-order valence-corrected chi connectivity index (χ3v) is 8.79. The number of carbonyl (C=O) groups excluding carboxylic acids is 3. The first-order chi connectivity index (χ1) is 24.6. The molecule has 2 aromatic carbocycles. The Bertz CT molecular complexity index is 1110. The Labute approximate surface area is 302 Å². The van der Waals surface area contributed by atoms with Crippen LogP contribution in [0.1, 0.15) is 140 Å². The number of esters is 1. The van der Waals surface area contributed by atoms with Gasteiger partial charge in [0.15, 0.2) is 0 Å². The lowest BCUT2D eigenvalue weighted by Gasteiger charge is -2.18. The van der Waals surface area contributed by atoms with Crippen molar-refractivity contribution < 1.29 is 28.6 Å². The summed E-state index contributed by atoms with van der Waals surface area (Å²) in [6.45, 7) is 3.63. The highest BCUT2D eigenvalue weighted by atomic mass is 16.5. The number of benzene rings is 2. The van der Waals surface area contributed by atoms with Crippen LogP contribution in [-0.4, -0.2) is 50.2 Å². The molecule has 0 aliphatic rings.